The molecule has 1 fully saturated rings. The highest BCUT2D eigenvalue weighted by atomic mass is 16.5. The molecule has 0 radical (unpaired) electrons. The summed E-state index contributed by atoms with van der Waals surface area (Å²) >= 11 is 0. The van der Waals surface area contributed by atoms with Crippen LogP contribution in [0, 0.1) is 0 Å². The molecule has 1 saturated carbocycles. The van der Waals surface area contributed by atoms with Gasteiger partial charge >= 0.3 is 0 Å². The van der Waals surface area contributed by atoms with Crippen molar-refractivity contribution in [1.82, 2.24) is 24.8 Å². The molecule has 0 saturated heterocycles. The van der Waals surface area contributed by atoms with Crippen LogP contribution < -0.4 is 0 Å². The zero-order valence-corrected chi connectivity index (χ0v) is 13.4. The van der Waals surface area contributed by atoms with Crippen LogP contribution in [0.3, 0.4) is 0 Å². The van der Waals surface area contributed by atoms with E-state index in [1.54, 1.807) is 0 Å². The van der Waals surface area contributed by atoms with Crippen molar-refractivity contribution in [3.05, 3.63) is 53.8 Å². The topological polar surface area (TPSA) is 60.0 Å². The van der Waals surface area contributed by atoms with Crippen molar-refractivity contribution in [2.75, 3.05) is 6.54 Å². The summed E-state index contributed by atoms with van der Waals surface area (Å²) in [7, 11) is 0. The van der Waals surface area contributed by atoms with Crippen LogP contribution in [0.25, 0.3) is 11.3 Å². The summed E-state index contributed by atoms with van der Waals surface area (Å²) in [5.74, 6) is 3.81. The lowest BCUT2D eigenvalue weighted by molar-refractivity contribution is 0.185. The van der Waals surface area contributed by atoms with Gasteiger partial charge < -0.3 is 9.09 Å². The fourth-order valence-electron chi connectivity index (χ4n) is 3.36. The van der Waals surface area contributed by atoms with Crippen LogP contribution in [-0.2, 0) is 19.6 Å². The molecule has 2 aromatic heterocycles. The Morgan fingerprint density at radius 2 is 1.96 bits per heavy atom. The Labute approximate surface area is 140 Å². The number of nitrogens with zero attached hydrogens (tertiary/aromatic N) is 5. The number of hydrogen-bond acceptors (Lipinski definition) is 5. The van der Waals surface area contributed by atoms with Gasteiger partial charge in [-0.2, -0.15) is 0 Å². The molecule has 0 unspecified atom stereocenters. The van der Waals surface area contributed by atoms with Crippen molar-refractivity contribution < 1.29 is 4.52 Å². The Balaban J connectivity index is 1.30. The lowest BCUT2D eigenvalue weighted by Gasteiger charge is -2.26. The molecule has 0 spiro atoms. The van der Waals surface area contributed by atoms with Crippen molar-refractivity contribution in [1.29, 1.82) is 0 Å². The molecule has 3 heterocycles. The first-order chi connectivity index (χ1) is 11.9. The molecule has 0 amide bonds. The molecular formula is C18H19N5O. The number of fused-ring (bicyclic) bond motifs is 1. The minimum absolute atomic E-state index is 0.653. The van der Waals surface area contributed by atoms with Crippen molar-refractivity contribution >= 4 is 0 Å². The summed E-state index contributed by atoms with van der Waals surface area (Å²) in [4.78, 5) is 2.34. The normalized spacial score (nSPS) is 17.8. The van der Waals surface area contributed by atoms with E-state index in [-0.39, 0.29) is 0 Å². The highest BCUT2D eigenvalue weighted by Crippen LogP contribution is 2.39. The van der Waals surface area contributed by atoms with Gasteiger partial charge in [-0.3, -0.25) is 4.90 Å². The third kappa shape index (κ3) is 2.53. The van der Waals surface area contributed by atoms with Crippen LogP contribution in [0.1, 0.15) is 36.2 Å². The number of rotatable bonds is 4. The van der Waals surface area contributed by atoms with Crippen molar-refractivity contribution in [3.63, 3.8) is 0 Å². The van der Waals surface area contributed by atoms with Crippen LogP contribution in [0.4, 0.5) is 0 Å². The number of aromatic nitrogens is 4. The Bertz CT molecular complexity index is 849. The molecular weight excluding hydrogens is 302 g/mol. The lowest BCUT2D eigenvalue weighted by atomic mass is 10.1. The van der Waals surface area contributed by atoms with E-state index in [0.29, 0.717) is 5.92 Å². The molecule has 0 atom stereocenters. The Kier molecular flexibility index (Phi) is 3.23. The zero-order valence-electron chi connectivity index (χ0n) is 13.4. The number of benzene rings is 1. The van der Waals surface area contributed by atoms with Gasteiger partial charge in [0.2, 0.25) is 0 Å². The smallest absolute Gasteiger partial charge is 0.151 e. The van der Waals surface area contributed by atoms with E-state index in [1.165, 1.54) is 18.7 Å². The summed E-state index contributed by atoms with van der Waals surface area (Å²) in [5.41, 5.74) is 1.97. The average molecular weight is 321 g/mol. The Hall–Kier alpha value is -2.47. The largest absolute Gasteiger partial charge is 0.359 e. The summed E-state index contributed by atoms with van der Waals surface area (Å²) in [6, 6.07) is 12.2. The van der Waals surface area contributed by atoms with E-state index in [9.17, 15) is 0 Å². The van der Waals surface area contributed by atoms with Gasteiger partial charge in [0.15, 0.2) is 5.76 Å². The first-order valence-electron chi connectivity index (χ1n) is 8.52. The molecule has 2 aliphatic rings. The Morgan fingerprint density at radius 1 is 1.08 bits per heavy atom. The van der Waals surface area contributed by atoms with Gasteiger partial charge in [-0.1, -0.05) is 35.5 Å². The maximum atomic E-state index is 5.53. The molecule has 1 aromatic carbocycles. The van der Waals surface area contributed by atoms with E-state index in [2.05, 4.69) is 24.8 Å². The molecule has 6 heteroatoms. The summed E-state index contributed by atoms with van der Waals surface area (Å²) < 4.78 is 7.84. The lowest BCUT2D eigenvalue weighted by Crippen LogP contribution is -2.33. The van der Waals surface area contributed by atoms with Crippen molar-refractivity contribution in [3.8, 4) is 11.3 Å². The third-order valence-electron chi connectivity index (χ3n) is 4.81. The molecule has 5 rings (SSSR count). The molecule has 1 aliphatic carbocycles. The van der Waals surface area contributed by atoms with E-state index >= 15 is 0 Å². The number of hydrogen-bond donors (Lipinski definition) is 0. The predicted molar refractivity (Wildman–Crippen MR) is 88.1 cm³/mol. The second kappa shape index (κ2) is 5.56. The van der Waals surface area contributed by atoms with Crippen LogP contribution in [0.15, 0.2) is 40.9 Å². The first-order valence-corrected chi connectivity index (χ1v) is 8.52. The van der Waals surface area contributed by atoms with Crippen LogP contribution >= 0.6 is 0 Å². The minimum Gasteiger partial charge on any atom is -0.359 e. The van der Waals surface area contributed by atoms with E-state index in [4.69, 9.17) is 4.52 Å². The van der Waals surface area contributed by atoms with Crippen LogP contribution in [0.5, 0.6) is 0 Å². The first kappa shape index (κ1) is 13.9. The highest BCUT2D eigenvalue weighted by molar-refractivity contribution is 5.58. The maximum absolute atomic E-state index is 5.53. The Morgan fingerprint density at radius 3 is 2.79 bits per heavy atom. The van der Waals surface area contributed by atoms with Crippen LogP contribution in [0.2, 0.25) is 0 Å². The monoisotopic (exact) mass is 321 g/mol. The average Bonchev–Trinajstić information content (AvgIpc) is 3.21. The maximum Gasteiger partial charge on any atom is 0.151 e. The molecule has 0 bridgehead atoms. The van der Waals surface area contributed by atoms with Gasteiger partial charge in [0, 0.05) is 30.6 Å². The fraction of sp³-hybridized carbons (Fsp3) is 0.389. The molecule has 0 N–H and O–H groups in total. The second-order valence-corrected chi connectivity index (χ2v) is 6.66. The molecule has 3 aromatic rings. The summed E-state index contributed by atoms with van der Waals surface area (Å²) in [6.07, 6.45) is 2.53. The van der Waals surface area contributed by atoms with Gasteiger partial charge in [0.05, 0.1) is 13.1 Å². The van der Waals surface area contributed by atoms with Crippen molar-refractivity contribution in [2.24, 2.45) is 0 Å². The molecule has 24 heavy (non-hydrogen) atoms. The van der Waals surface area contributed by atoms with Gasteiger partial charge in [-0.05, 0) is 12.8 Å². The minimum atomic E-state index is 0.653. The van der Waals surface area contributed by atoms with Crippen LogP contribution in [-0.4, -0.2) is 31.4 Å². The SMILES string of the molecule is c1ccc(-c2cc(CN3CCn4c(nnc4C4CC4)C3)on2)cc1. The van der Waals surface area contributed by atoms with Gasteiger partial charge in [0.1, 0.15) is 17.3 Å². The van der Waals surface area contributed by atoms with Gasteiger partial charge in [-0.15, -0.1) is 10.2 Å². The summed E-state index contributed by atoms with van der Waals surface area (Å²) in [5, 5.41) is 13.0. The highest BCUT2D eigenvalue weighted by Gasteiger charge is 2.32. The van der Waals surface area contributed by atoms with E-state index in [0.717, 1.165) is 49.0 Å². The standard InChI is InChI=1S/C18H19N5O/c1-2-4-13(5-3-1)16-10-15(24-21-16)11-22-8-9-23-17(12-22)19-20-18(23)14-6-7-14/h1-5,10,14H,6-9,11-12H2. The van der Waals surface area contributed by atoms with Gasteiger partial charge in [-0.25, -0.2) is 0 Å². The molecule has 1 aliphatic heterocycles. The van der Waals surface area contributed by atoms with E-state index in [1.807, 2.05) is 36.4 Å². The molecule has 122 valence electrons. The summed E-state index contributed by atoms with van der Waals surface area (Å²) in [6.45, 7) is 3.53. The second-order valence-electron chi connectivity index (χ2n) is 6.66. The fourth-order valence-corrected chi connectivity index (χ4v) is 3.36. The van der Waals surface area contributed by atoms with Crippen molar-refractivity contribution in [2.45, 2.75) is 38.4 Å². The van der Waals surface area contributed by atoms with E-state index < -0.39 is 0 Å². The third-order valence-corrected chi connectivity index (χ3v) is 4.81. The van der Waals surface area contributed by atoms with Gasteiger partial charge in [0.25, 0.3) is 0 Å². The quantitative estimate of drug-likeness (QED) is 0.739. The predicted octanol–water partition coefficient (Wildman–Crippen LogP) is 2.83. The zero-order chi connectivity index (χ0) is 15.9. The molecule has 6 nitrogen and oxygen atoms in total.